The molecule has 232 valence electrons. The van der Waals surface area contributed by atoms with Gasteiger partial charge in [0.25, 0.3) is 0 Å². The fourth-order valence-electron chi connectivity index (χ4n) is 5.37. The number of hydrogen-bond acceptors (Lipinski definition) is 6. The molecule has 0 spiro atoms. The lowest BCUT2D eigenvalue weighted by atomic mass is 9.85. The summed E-state index contributed by atoms with van der Waals surface area (Å²) in [6.45, 7) is 2.23. The van der Waals surface area contributed by atoms with E-state index in [1.807, 2.05) is 85.8 Å². The minimum atomic E-state index is -0.899. The summed E-state index contributed by atoms with van der Waals surface area (Å²) in [4.78, 5) is 16.0. The lowest BCUT2D eigenvalue weighted by Gasteiger charge is -2.36. The average molecular weight is 600 g/mol. The van der Waals surface area contributed by atoms with Gasteiger partial charge >= 0.3 is 0 Å². The van der Waals surface area contributed by atoms with Crippen molar-refractivity contribution in [1.29, 1.82) is 0 Å². The summed E-state index contributed by atoms with van der Waals surface area (Å²) in [5.41, 5.74) is 9.74. The van der Waals surface area contributed by atoms with Crippen molar-refractivity contribution in [3.63, 3.8) is 0 Å². The lowest BCUT2D eigenvalue weighted by Crippen LogP contribution is -2.45. The molecule has 1 amide bonds. The van der Waals surface area contributed by atoms with Crippen LogP contribution in [0, 0.1) is 11.7 Å². The minimum Gasteiger partial charge on any atom is -0.497 e. The van der Waals surface area contributed by atoms with E-state index in [1.54, 1.807) is 31.2 Å². The summed E-state index contributed by atoms with van der Waals surface area (Å²) in [6, 6.07) is 29.2. The molecule has 0 bridgehead atoms. The van der Waals surface area contributed by atoms with Crippen molar-refractivity contribution in [3.8, 4) is 5.75 Å². The summed E-state index contributed by atoms with van der Waals surface area (Å²) < 4.78 is 18.9. The number of aliphatic hydroxyl groups excluding tert-OH is 2. The van der Waals surface area contributed by atoms with Crippen LogP contribution < -0.4 is 15.8 Å². The van der Waals surface area contributed by atoms with Crippen LogP contribution in [-0.4, -0.2) is 41.2 Å². The largest absolute Gasteiger partial charge is 0.497 e. The number of nitrogens with zero attached hydrogens (tertiary/aromatic N) is 1. The molecule has 0 aliphatic heterocycles. The van der Waals surface area contributed by atoms with Crippen LogP contribution in [0.1, 0.15) is 60.3 Å². The van der Waals surface area contributed by atoms with Crippen molar-refractivity contribution in [3.05, 3.63) is 131 Å². The third-order valence-corrected chi connectivity index (χ3v) is 8.27. The maximum absolute atomic E-state index is 14.4. The van der Waals surface area contributed by atoms with E-state index in [0.717, 1.165) is 16.8 Å². The number of nitrogens with one attached hydrogen (secondary N) is 1. The van der Waals surface area contributed by atoms with Gasteiger partial charge in [-0.15, -0.1) is 0 Å². The van der Waals surface area contributed by atoms with E-state index < -0.39 is 30.2 Å². The molecule has 8 heteroatoms. The Hall–Kier alpha value is -4.24. The molecule has 44 heavy (non-hydrogen) atoms. The zero-order valence-corrected chi connectivity index (χ0v) is 25.4. The van der Waals surface area contributed by atoms with Gasteiger partial charge < -0.3 is 30.9 Å². The molecule has 0 saturated carbocycles. The first-order chi connectivity index (χ1) is 21.2. The Morgan fingerprint density at radius 2 is 1.48 bits per heavy atom. The van der Waals surface area contributed by atoms with Crippen molar-refractivity contribution in [2.24, 2.45) is 11.7 Å². The van der Waals surface area contributed by atoms with Gasteiger partial charge in [-0.05, 0) is 78.4 Å². The Kier molecular flexibility index (Phi) is 11.5. The molecule has 0 aliphatic rings. The van der Waals surface area contributed by atoms with Gasteiger partial charge in [0.1, 0.15) is 11.6 Å². The first-order valence-corrected chi connectivity index (χ1v) is 14.8. The monoisotopic (exact) mass is 599 g/mol. The molecule has 0 heterocycles. The number of carbonyl (C=O) groups is 1. The van der Waals surface area contributed by atoms with Gasteiger partial charge in [0.15, 0.2) is 0 Å². The number of likely N-dealkylation sites (N-methyl/N-ethyl adjacent to an activating group) is 1. The third-order valence-electron chi connectivity index (χ3n) is 8.27. The Labute approximate surface area is 259 Å². The van der Waals surface area contributed by atoms with Crippen molar-refractivity contribution in [2.75, 3.05) is 19.5 Å². The number of nitrogens with two attached hydrogens (primary N) is 1. The number of rotatable bonds is 14. The highest BCUT2D eigenvalue weighted by atomic mass is 19.1. The van der Waals surface area contributed by atoms with E-state index in [4.69, 9.17) is 10.5 Å². The normalized spacial score (nSPS) is 14.6. The van der Waals surface area contributed by atoms with Crippen LogP contribution in [0.3, 0.4) is 0 Å². The maximum atomic E-state index is 14.4. The average Bonchev–Trinajstić information content (AvgIpc) is 3.07. The highest BCUT2D eigenvalue weighted by Crippen LogP contribution is 2.35. The number of anilines is 1. The Morgan fingerprint density at radius 1 is 0.864 bits per heavy atom. The quantitative estimate of drug-likeness (QED) is 0.138. The zero-order valence-electron chi connectivity index (χ0n) is 25.4. The van der Waals surface area contributed by atoms with Gasteiger partial charge in [-0.3, -0.25) is 4.79 Å². The number of hydrogen-bond donors (Lipinski definition) is 4. The Morgan fingerprint density at radius 3 is 2.07 bits per heavy atom. The van der Waals surface area contributed by atoms with Gasteiger partial charge in [-0.2, -0.15) is 0 Å². The van der Waals surface area contributed by atoms with Crippen LogP contribution in [-0.2, 0) is 11.3 Å². The first kappa shape index (κ1) is 32.7. The van der Waals surface area contributed by atoms with Crippen LogP contribution in [0.5, 0.6) is 5.75 Å². The van der Waals surface area contributed by atoms with Crippen molar-refractivity contribution < 1.29 is 24.1 Å². The van der Waals surface area contributed by atoms with Gasteiger partial charge in [0.2, 0.25) is 5.91 Å². The molecule has 0 fully saturated rings. The molecule has 0 aromatic heterocycles. The van der Waals surface area contributed by atoms with E-state index >= 15 is 0 Å². The summed E-state index contributed by atoms with van der Waals surface area (Å²) in [5, 5.41) is 25.8. The second kappa shape index (κ2) is 15.5. The molecule has 4 aromatic carbocycles. The molecule has 5 N–H and O–H groups in total. The fourth-order valence-corrected chi connectivity index (χ4v) is 5.37. The number of halogens is 1. The topological polar surface area (TPSA) is 108 Å². The number of ether oxygens (including phenoxy) is 1. The zero-order chi connectivity index (χ0) is 31.6. The molecular formula is C36H42FN3O4. The van der Waals surface area contributed by atoms with Gasteiger partial charge in [0, 0.05) is 19.3 Å². The third kappa shape index (κ3) is 8.23. The predicted octanol–water partition coefficient (Wildman–Crippen LogP) is 6.16. The summed E-state index contributed by atoms with van der Waals surface area (Å²) >= 11 is 0. The van der Waals surface area contributed by atoms with Crippen LogP contribution in [0.25, 0.3) is 0 Å². The molecule has 4 aromatic rings. The van der Waals surface area contributed by atoms with Crippen molar-refractivity contribution >= 4 is 11.6 Å². The highest BCUT2D eigenvalue weighted by Gasteiger charge is 2.35. The van der Waals surface area contributed by atoms with Crippen molar-refractivity contribution in [2.45, 2.75) is 50.6 Å². The Bertz CT molecular complexity index is 1450. The number of aliphatic hydroxyl groups is 2. The second-order valence-electron chi connectivity index (χ2n) is 11.1. The molecule has 0 radical (unpaired) electrons. The summed E-state index contributed by atoms with van der Waals surface area (Å²) in [7, 11) is 3.30. The summed E-state index contributed by atoms with van der Waals surface area (Å²) in [6.07, 6.45) is -1.23. The fraction of sp³-hybridized carbons (Fsp3) is 0.306. The number of carbonyl (C=O) groups excluding carboxylic acids is 1. The number of methoxy groups -OCH3 is 1. The van der Waals surface area contributed by atoms with E-state index in [0.29, 0.717) is 29.8 Å². The van der Waals surface area contributed by atoms with Crippen LogP contribution in [0.15, 0.2) is 103 Å². The first-order valence-electron chi connectivity index (χ1n) is 14.8. The van der Waals surface area contributed by atoms with E-state index in [-0.39, 0.29) is 18.1 Å². The molecule has 4 rings (SSSR count). The number of amides is 1. The smallest absolute Gasteiger partial charge is 0.228 e. The lowest BCUT2D eigenvalue weighted by molar-refractivity contribution is -0.139. The highest BCUT2D eigenvalue weighted by molar-refractivity contribution is 5.80. The van der Waals surface area contributed by atoms with Crippen LogP contribution in [0.4, 0.5) is 10.1 Å². The molecule has 0 saturated heterocycles. The van der Waals surface area contributed by atoms with Gasteiger partial charge in [0.05, 0.1) is 37.3 Å². The SMILES string of the molecule is COc1ccc([C@@H](Nc2ccc(CN)cc2)[C@@H](CC[C@H](O)c2ccc(F)cc2)C(=O)N(C)[C@@H](C)[C@@H](O)c2ccccc2)cc1. The van der Waals surface area contributed by atoms with E-state index in [1.165, 1.54) is 12.1 Å². The van der Waals surface area contributed by atoms with Crippen LogP contribution >= 0.6 is 0 Å². The number of benzene rings is 4. The molecular weight excluding hydrogens is 557 g/mol. The second-order valence-corrected chi connectivity index (χ2v) is 11.1. The molecule has 7 nitrogen and oxygen atoms in total. The van der Waals surface area contributed by atoms with Crippen LogP contribution in [0.2, 0.25) is 0 Å². The maximum Gasteiger partial charge on any atom is 0.228 e. The summed E-state index contributed by atoms with van der Waals surface area (Å²) in [5.74, 6) is -0.536. The molecule has 0 unspecified atom stereocenters. The minimum absolute atomic E-state index is 0.189. The van der Waals surface area contributed by atoms with E-state index in [9.17, 15) is 19.4 Å². The molecule has 5 atom stereocenters. The standard InChI is InChI=1S/C36H42FN3O4/c1-24(35(42)28-7-5-4-6-8-28)40(2)36(43)32(21-22-33(41)26-11-15-29(37)16-12-26)34(27-13-19-31(44-3)20-14-27)39-30-17-9-25(23-38)10-18-30/h4-20,24,32-35,39,41-42H,21-23,38H2,1-3H3/t24-,32+,33-,34+,35+/m0/s1. The van der Waals surface area contributed by atoms with Gasteiger partial charge in [-0.25, -0.2) is 4.39 Å². The Balaban J connectivity index is 1.70. The molecule has 0 aliphatic carbocycles. The predicted molar refractivity (Wildman–Crippen MR) is 171 cm³/mol. The van der Waals surface area contributed by atoms with E-state index in [2.05, 4.69) is 5.32 Å². The van der Waals surface area contributed by atoms with Crippen molar-refractivity contribution in [1.82, 2.24) is 4.90 Å². The van der Waals surface area contributed by atoms with Gasteiger partial charge in [-0.1, -0.05) is 66.7 Å².